The lowest BCUT2D eigenvalue weighted by molar-refractivity contribution is 0.0793. The van der Waals surface area contributed by atoms with Crippen LogP contribution in [0.5, 0.6) is 0 Å². The number of carbonyl (C=O) groups is 1. The average Bonchev–Trinajstić information content (AvgIpc) is 2.28. The van der Waals surface area contributed by atoms with Crippen molar-refractivity contribution < 1.29 is 9.18 Å². The second-order valence-electron chi connectivity index (χ2n) is 3.26. The largest absolute Gasteiger partial charge is 0.341 e. The van der Waals surface area contributed by atoms with Crippen LogP contribution in [0.25, 0.3) is 0 Å². The number of halogens is 2. The van der Waals surface area contributed by atoms with E-state index >= 15 is 0 Å². The maximum absolute atomic E-state index is 13.3. The number of carbonyl (C=O) groups excluding carboxylic acids is 1. The van der Waals surface area contributed by atoms with Crippen LogP contribution in [0.4, 0.5) is 4.39 Å². The van der Waals surface area contributed by atoms with E-state index in [1.54, 1.807) is 0 Å². The maximum atomic E-state index is 13.3. The van der Waals surface area contributed by atoms with Crippen LogP contribution in [-0.2, 0) is 0 Å². The third kappa shape index (κ3) is 2.94. The minimum atomic E-state index is -0.613. The molecule has 1 aromatic carbocycles. The van der Waals surface area contributed by atoms with Gasteiger partial charge in [0.15, 0.2) is 0 Å². The molecular formula is C11H10ClFN2O. The highest BCUT2D eigenvalue weighted by Gasteiger charge is 2.16. The van der Waals surface area contributed by atoms with E-state index in [1.165, 1.54) is 24.1 Å². The Balaban J connectivity index is 2.88. The van der Waals surface area contributed by atoms with E-state index in [4.69, 9.17) is 16.9 Å². The Bertz CT molecular complexity index is 442. The fraction of sp³-hybridized carbons (Fsp3) is 0.273. The summed E-state index contributed by atoms with van der Waals surface area (Å²) in [6, 6.07) is 5.72. The van der Waals surface area contributed by atoms with Crippen molar-refractivity contribution in [2.24, 2.45) is 0 Å². The maximum Gasteiger partial charge on any atom is 0.256 e. The molecule has 0 aliphatic heterocycles. The van der Waals surface area contributed by atoms with Crippen LogP contribution < -0.4 is 0 Å². The van der Waals surface area contributed by atoms with E-state index in [0.717, 1.165) is 6.07 Å². The molecule has 0 fully saturated rings. The van der Waals surface area contributed by atoms with Crippen molar-refractivity contribution >= 4 is 17.5 Å². The van der Waals surface area contributed by atoms with Crippen molar-refractivity contribution in [1.82, 2.24) is 4.90 Å². The van der Waals surface area contributed by atoms with E-state index in [9.17, 15) is 9.18 Å². The zero-order valence-electron chi connectivity index (χ0n) is 8.70. The van der Waals surface area contributed by atoms with Gasteiger partial charge in [-0.1, -0.05) is 11.6 Å². The zero-order valence-corrected chi connectivity index (χ0v) is 9.46. The normalized spacial score (nSPS) is 9.62. The molecular weight excluding hydrogens is 231 g/mol. The number of rotatable bonds is 3. The Morgan fingerprint density at radius 3 is 2.94 bits per heavy atom. The smallest absolute Gasteiger partial charge is 0.256 e. The number of nitrogens with zero attached hydrogens (tertiary/aromatic N) is 2. The van der Waals surface area contributed by atoms with Crippen molar-refractivity contribution in [3.63, 3.8) is 0 Å². The molecule has 1 amide bonds. The molecule has 0 aliphatic rings. The molecule has 16 heavy (non-hydrogen) atoms. The summed E-state index contributed by atoms with van der Waals surface area (Å²) in [6.45, 7) is 0.265. The van der Waals surface area contributed by atoms with Crippen LogP contribution in [0.2, 0.25) is 5.02 Å². The van der Waals surface area contributed by atoms with Gasteiger partial charge < -0.3 is 4.90 Å². The third-order valence-electron chi connectivity index (χ3n) is 2.06. The van der Waals surface area contributed by atoms with E-state index < -0.39 is 11.7 Å². The predicted octanol–water partition coefficient (Wildman–Crippen LogP) is 2.46. The molecule has 0 N–H and O–H groups in total. The second kappa shape index (κ2) is 5.47. The summed E-state index contributed by atoms with van der Waals surface area (Å²) >= 11 is 5.68. The summed E-state index contributed by atoms with van der Waals surface area (Å²) in [5.41, 5.74) is -0.0760. The molecule has 0 aliphatic carbocycles. The third-order valence-corrected chi connectivity index (χ3v) is 2.30. The Morgan fingerprint density at radius 2 is 2.31 bits per heavy atom. The van der Waals surface area contributed by atoms with E-state index in [1.807, 2.05) is 6.07 Å². The van der Waals surface area contributed by atoms with Gasteiger partial charge in [0.05, 0.1) is 18.1 Å². The van der Waals surface area contributed by atoms with Crippen LogP contribution in [0.1, 0.15) is 16.8 Å². The quantitative estimate of drug-likeness (QED) is 0.815. The summed E-state index contributed by atoms with van der Waals surface area (Å²) in [7, 11) is 1.51. The highest BCUT2D eigenvalue weighted by Crippen LogP contribution is 2.16. The van der Waals surface area contributed by atoms with Crippen LogP contribution in [0.3, 0.4) is 0 Å². The Labute approximate surface area is 98.0 Å². The standard InChI is InChI=1S/C11H10ClFN2O/c1-15(6-2-5-14)11(16)9-7-8(12)3-4-10(9)13/h3-4,7H,2,6H2,1H3. The molecule has 0 saturated carbocycles. The molecule has 0 saturated heterocycles. The van der Waals surface area contributed by atoms with Gasteiger partial charge in [-0.2, -0.15) is 5.26 Å². The van der Waals surface area contributed by atoms with Crippen molar-refractivity contribution in [1.29, 1.82) is 5.26 Å². The van der Waals surface area contributed by atoms with Gasteiger partial charge in [-0.15, -0.1) is 0 Å². The summed E-state index contributed by atoms with van der Waals surface area (Å²) in [4.78, 5) is 13.0. The summed E-state index contributed by atoms with van der Waals surface area (Å²) in [6.07, 6.45) is 0.213. The topological polar surface area (TPSA) is 44.1 Å². The van der Waals surface area contributed by atoms with Crippen molar-refractivity contribution in [2.75, 3.05) is 13.6 Å². The van der Waals surface area contributed by atoms with Crippen molar-refractivity contribution in [2.45, 2.75) is 6.42 Å². The van der Waals surface area contributed by atoms with Gasteiger partial charge in [0, 0.05) is 18.6 Å². The number of hydrogen-bond acceptors (Lipinski definition) is 2. The van der Waals surface area contributed by atoms with Gasteiger partial charge in [-0.25, -0.2) is 4.39 Å². The van der Waals surface area contributed by atoms with Crippen molar-refractivity contribution in [3.8, 4) is 6.07 Å². The van der Waals surface area contributed by atoms with Crippen LogP contribution in [0, 0.1) is 17.1 Å². The van der Waals surface area contributed by atoms with Crippen molar-refractivity contribution in [3.05, 3.63) is 34.6 Å². The lowest BCUT2D eigenvalue weighted by atomic mass is 10.2. The summed E-state index contributed by atoms with van der Waals surface area (Å²) < 4.78 is 13.3. The van der Waals surface area contributed by atoms with Gasteiger partial charge in [0.2, 0.25) is 0 Å². The van der Waals surface area contributed by atoms with Gasteiger partial charge >= 0.3 is 0 Å². The molecule has 1 rings (SSSR count). The second-order valence-corrected chi connectivity index (χ2v) is 3.70. The fourth-order valence-corrected chi connectivity index (χ4v) is 1.36. The first kappa shape index (κ1) is 12.5. The SMILES string of the molecule is CN(CCC#N)C(=O)c1cc(Cl)ccc1F. The molecule has 0 bridgehead atoms. The molecule has 3 nitrogen and oxygen atoms in total. The lowest BCUT2D eigenvalue weighted by Gasteiger charge is -2.15. The Kier molecular flexibility index (Phi) is 4.27. The van der Waals surface area contributed by atoms with Gasteiger partial charge in [-0.05, 0) is 18.2 Å². The monoisotopic (exact) mass is 240 g/mol. The van der Waals surface area contributed by atoms with Gasteiger partial charge in [0.25, 0.3) is 5.91 Å². The van der Waals surface area contributed by atoms with Gasteiger partial charge in [-0.3, -0.25) is 4.79 Å². The van der Waals surface area contributed by atoms with Crippen LogP contribution in [0.15, 0.2) is 18.2 Å². The average molecular weight is 241 g/mol. The first-order valence-electron chi connectivity index (χ1n) is 4.63. The molecule has 5 heteroatoms. The first-order chi connectivity index (χ1) is 7.56. The minimum absolute atomic E-state index is 0.0760. The molecule has 0 radical (unpaired) electrons. The zero-order chi connectivity index (χ0) is 12.1. The Morgan fingerprint density at radius 1 is 1.62 bits per heavy atom. The summed E-state index contributed by atoms with van der Waals surface area (Å²) in [5, 5.41) is 8.69. The number of benzene rings is 1. The molecule has 0 aromatic heterocycles. The molecule has 0 unspecified atom stereocenters. The highest BCUT2D eigenvalue weighted by atomic mass is 35.5. The number of nitriles is 1. The van der Waals surface area contributed by atoms with Crippen LogP contribution >= 0.6 is 11.6 Å². The molecule has 0 spiro atoms. The molecule has 84 valence electrons. The Hall–Kier alpha value is -1.60. The summed E-state index contributed by atoms with van der Waals surface area (Å²) in [5.74, 6) is -1.09. The van der Waals surface area contributed by atoms with E-state index in [-0.39, 0.29) is 18.5 Å². The van der Waals surface area contributed by atoms with Gasteiger partial charge in [0.1, 0.15) is 5.82 Å². The number of amides is 1. The lowest BCUT2D eigenvalue weighted by Crippen LogP contribution is -2.28. The highest BCUT2D eigenvalue weighted by molar-refractivity contribution is 6.30. The first-order valence-corrected chi connectivity index (χ1v) is 5.01. The van der Waals surface area contributed by atoms with E-state index in [0.29, 0.717) is 5.02 Å². The minimum Gasteiger partial charge on any atom is -0.341 e. The van der Waals surface area contributed by atoms with Crippen LogP contribution in [-0.4, -0.2) is 24.4 Å². The molecule has 0 heterocycles. The predicted molar refractivity (Wildman–Crippen MR) is 58.6 cm³/mol. The molecule has 0 atom stereocenters. The number of hydrogen-bond donors (Lipinski definition) is 0. The molecule has 1 aromatic rings. The fourth-order valence-electron chi connectivity index (χ4n) is 1.19. The van der Waals surface area contributed by atoms with E-state index in [2.05, 4.69) is 0 Å².